The normalized spacial score (nSPS) is 10.4. The van der Waals surface area contributed by atoms with Crippen molar-refractivity contribution in [3.8, 4) is 11.5 Å². The molecular formula is C22H21BrN2O4. The van der Waals surface area contributed by atoms with Crippen LogP contribution in [0.15, 0.2) is 65.1 Å². The topological polar surface area (TPSA) is 76.7 Å². The van der Waals surface area contributed by atoms with Gasteiger partial charge in [0.2, 0.25) is 5.91 Å². The fourth-order valence-corrected chi connectivity index (χ4v) is 3.31. The van der Waals surface area contributed by atoms with Crippen LogP contribution in [0.1, 0.15) is 5.56 Å². The van der Waals surface area contributed by atoms with Crippen LogP contribution in [0.5, 0.6) is 11.5 Å². The van der Waals surface area contributed by atoms with E-state index >= 15 is 0 Å². The highest BCUT2D eigenvalue weighted by Crippen LogP contribution is 2.32. The zero-order valence-corrected chi connectivity index (χ0v) is 17.5. The molecule has 3 aromatic carbocycles. The summed E-state index contributed by atoms with van der Waals surface area (Å²) in [5, 5.41) is 7.38. The highest BCUT2D eigenvalue weighted by atomic mass is 79.9. The van der Waals surface area contributed by atoms with Gasteiger partial charge in [-0.2, -0.15) is 0 Å². The summed E-state index contributed by atoms with van der Waals surface area (Å²) in [5.74, 6) is 0.680. The van der Waals surface area contributed by atoms with Crippen molar-refractivity contribution in [2.75, 3.05) is 20.3 Å². The molecule has 0 fully saturated rings. The third kappa shape index (κ3) is 5.71. The fraction of sp³-hybridized carbons (Fsp3) is 0.182. The van der Waals surface area contributed by atoms with Gasteiger partial charge in [-0.15, -0.1) is 0 Å². The fourth-order valence-electron chi connectivity index (χ4n) is 2.70. The standard InChI is InChI=1S/C22H21BrN2O4/c1-28-17-9-6-15(7-10-17)12-24-20(26)13-25-21(27)14-29-19-11-8-16-4-2-3-5-18(16)22(19)23/h2-11H,12-14H2,1H3,(H,24,26)(H,25,27). The van der Waals surface area contributed by atoms with Crippen molar-refractivity contribution >= 4 is 38.5 Å². The van der Waals surface area contributed by atoms with E-state index in [1.165, 1.54) is 0 Å². The molecule has 3 rings (SSSR count). The smallest absolute Gasteiger partial charge is 0.258 e. The van der Waals surface area contributed by atoms with Crippen LogP contribution >= 0.6 is 15.9 Å². The zero-order chi connectivity index (χ0) is 20.6. The second kappa shape index (κ2) is 9.93. The summed E-state index contributed by atoms with van der Waals surface area (Å²) in [5.41, 5.74) is 0.940. The van der Waals surface area contributed by atoms with Crippen LogP contribution in [-0.4, -0.2) is 32.1 Å². The van der Waals surface area contributed by atoms with E-state index in [2.05, 4.69) is 26.6 Å². The molecule has 3 aromatic rings. The number of carbonyl (C=O) groups is 2. The molecule has 0 aromatic heterocycles. The maximum absolute atomic E-state index is 12.0. The summed E-state index contributed by atoms with van der Waals surface area (Å²) in [6, 6.07) is 19.0. The SMILES string of the molecule is COc1ccc(CNC(=O)CNC(=O)COc2ccc3ccccc3c2Br)cc1. The lowest BCUT2D eigenvalue weighted by molar-refractivity contribution is -0.127. The summed E-state index contributed by atoms with van der Waals surface area (Å²) >= 11 is 3.52. The van der Waals surface area contributed by atoms with Crippen LogP contribution in [0.3, 0.4) is 0 Å². The first-order chi connectivity index (χ1) is 14.1. The summed E-state index contributed by atoms with van der Waals surface area (Å²) in [7, 11) is 1.60. The van der Waals surface area contributed by atoms with Crippen LogP contribution in [0, 0.1) is 0 Å². The van der Waals surface area contributed by atoms with E-state index in [0.717, 1.165) is 26.6 Å². The third-order valence-electron chi connectivity index (χ3n) is 4.28. The molecule has 2 N–H and O–H groups in total. The molecule has 150 valence electrons. The molecule has 0 aliphatic heterocycles. The van der Waals surface area contributed by atoms with Crippen LogP contribution in [-0.2, 0) is 16.1 Å². The Morgan fingerprint density at radius 2 is 1.69 bits per heavy atom. The monoisotopic (exact) mass is 456 g/mol. The maximum Gasteiger partial charge on any atom is 0.258 e. The van der Waals surface area contributed by atoms with E-state index in [-0.39, 0.29) is 25.0 Å². The van der Waals surface area contributed by atoms with Crippen molar-refractivity contribution in [3.05, 3.63) is 70.7 Å². The first-order valence-corrected chi connectivity index (χ1v) is 9.82. The van der Waals surface area contributed by atoms with E-state index in [4.69, 9.17) is 9.47 Å². The second-order valence-electron chi connectivity index (χ2n) is 6.29. The average molecular weight is 457 g/mol. The number of ether oxygens (including phenoxy) is 2. The molecule has 7 heteroatoms. The van der Waals surface area contributed by atoms with E-state index in [9.17, 15) is 9.59 Å². The van der Waals surface area contributed by atoms with E-state index in [0.29, 0.717) is 12.3 Å². The largest absolute Gasteiger partial charge is 0.497 e. The Balaban J connectivity index is 1.42. The molecular weight excluding hydrogens is 436 g/mol. The molecule has 0 radical (unpaired) electrons. The lowest BCUT2D eigenvalue weighted by atomic mass is 10.1. The molecule has 0 heterocycles. The van der Waals surface area contributed by atoms with Gasteiger partial charge in [0.15, 0.2) is 6.61 Å². The molecule has 29 heavy (non-hydrogen) atoms. The number of fused-ring (bicyclic) bond motifs is 1. The van der Waals surface area contributed by atoms with Crippen molar-refractivity contribution in [2.24, 2.45) is 0 Å². The van der Waals surface area contributed by atoms with Crippen molar-refractivity contribution < 1.29 is 19.1 Å². The lowest BCUT2D eigenvalue weighted by Crippen LogP contribution is -2.38. The summed E-state index contributed by atoms with van der Waals surface area (Å²) < 4.78 is 11.5. The van der Waals surface area contributed by atoms with Crippen LogP contribution < -0.4 is 20.1 Å². The van der Waals surface area contributed by atoms with Crippen LogP contribution in [0.2, 0.25) is 0 Å². The number of rotatable bonds is 8. The maximum atomic E-state index is 12.0. The second-order valence-corrected chi connectivity index (χ2v) is 7.08. The van der Waals surface area contributed by atoms with Crippen LogP contribution in [0.25, 0.3) is 10.8 Å². The lowest BCUT2D eigenvalue weighted by Gasteiger charge is -2.11. The van der Waals surface area contributed by atoms with E-state index < -0.39 is 0 Å². The minimum absolute atomic E-state index is 0.114. The third-order valence-corrected chi connectivity index (χ3v) is 5.10. The number of nitrogens with one attached hydrogen (secondary N) is 2. The Bertz CT molecular complexity index is 1010. The van der Waals surface area contributed by atoms with Gasteiger partial charge in [0.05, 0.1) is 18.1 Å². The minimum atomic E-state index is -0.371. The number of hydrogen-bond donors (Lipinski definition) is 2. The Kier molecular flexibility index (Phi) is 7.08. The first-order valence-electron chi connectivity index (χ1n) is 9.03. The number of methoxy groups -OCH3 is 1. The van der Waals surface area contributed by atoms with Gasteiger partial charge in [-0.25, -0.2) is 0 Å². The van der Waals surface area contributed by atoms with Gasteiger partial charge in [-0.3, -0.25) is 9.59 Å². The molecule has 0 saturated heterocycles. The van der Waals surface area contributed by atoms with Crippen molar-refractivity contribution in [1.82, 2.24) is 10.6 Å². The van der Waals surface area contributed by atoms with Crippen LogP contribution in [0.4, 0.5) is 0 Å². The molecule has 0 aliphatic carbocycles. The van der Waals surface area contributed by atoms with E-state index in [1.54, 1.807) is 13.2 Å². The number of carbonyl (C=O) groups excluding carboxylic acids is 2. The predicted molar refractivity (Wildman–Crippen MR) is 115 cm³/mol. The molecule has 0 aliphatic rings. The molecule has 0 unspecified atom stereocenters. The minimum Gasteiger partial charge on any atom is -0.497 e. The van der Waals surface area contributed by atoms with Crippen molar-refractivity contribution in [2.45, 2.75) is 6.54 Å². The zero-order valence-electron chi connectivity index (χ0n) is 15.9. The molecule has 6 nitrogen and oxygen atoms in total. The highest BCUT2D eigenvalue weighted by Gasteiger charge is 2.10. The van der Waals surface area contributed by atoms with Gasteiger partial charge in [0.25, 0.3) is 5.91 Å². The average Bonchev–Trinajstić information content (AvgIpc) is 2.76. The Morgan fingerprint density at radius 3 is 2.45 bits per heavy atom. The quantitative estimate of drug-likeness (QED) is 0.544. The van der Waals surface area contributed by atoms with Gasteiger partial charge in [-0.1, -0.05) is 42.5 Å². The predicted octanol–water partition coefficient (Wildman–Crippen LogP) is 3.42. The molecule has 0 bridgehead atoms. The molecule has 0 saturated carbocycles. The Labute approximate surface area is 177 Å². The van der Waals surface area contributed by atoms with Gasteiger partial charge in [0.1, 0.15) is 11.5 Å². The van der Waals surface area contributed by atoms with Crippen molar-refractivity contribution in [3.63, 3.8) is 0 Å². The van der Waals surface area contributed by atoms with Crippen molar-refractivity contribution in [1.29, 1.82) is 0 Å². The Hall–Kier alpha value is -3.06. The highest BCUT2D eigenvalue weighted by molar-refractivity contribution is 9.10. The number of benzene rings is 3. The molecule has 2 amide bonds. The number of halogens is 1. The summed E-state index contributed by atoms with van der Waals surface area (Å²) in [4.78, 5) is 23.9. The van der Waals surface area contributed by atoms with Gasteiger partial charge in [-0.05, 0) is 50.5 Å². The Morgan fingerprint density at radius 1 is 0.931 bits per heavy atom. The van der Waals surface area contributed by atoms with Gasteiger partial charge < -0.3 is 20.1 Å². The number of hydrogen-bond acceptors (Lipinski definition) is 4. The van der Waals surface area contributed by atoms with Gasteiger partial charge in [0, 0.05) is 6.54 Å². The van der Waals surface area contributed by atoms with Gasteiger partial charge >= 0.3 is 0 Å². The summed E-state index contributed by atoms with van der Waals surface area (Å²) in [6.45, 7) is 0.0825. The molecule has 0 spiro atoms. The van der Waals surface area contributed by atoms with E-state index in [1.807, 2.05) is 54.6 Å². The number of amides is 2. The summed E-state index contributed by atoms with van der Waals surface area (Å²) in [6.07, 6.45) is 0. The molecule has 0 atom stereocenters. The first kappa shape index (κ1) is 20.7.